The van der Waals surface area contributed by atoms with Gasteiger partial charge >= 0.3 is 0 Å². The van der Waals surface area contributed by atoms with Crippen molar-refractivity contribution in [2.45, 2.75) is 26.7 Å². The normalized spacial score (nSPS) is 29.2. The molecule has 134 valence electrons. The standard InChI is InChI=1S/C16H34N4.2H2O/c1-3-17-7-5-9-20-14-12-18(4-2)8-6-10-19(13-11-17)15-16-20;;/h3-16H2,1-2H3;2*1H2. The van der Waals surface area contributed by atoms with Gasteiger partial charge in [0.25, 0.3) is 0 Å². The van der Waals surface area contributed by atoms with Crippen molar-refractivity contribution < 1.29 is 11.0 Å². The Morgan fingerprint density at radius 2 is 0.864 bits per heavy atom. The van der Waals surface area contributed by atoms with Crippen molar-refractivity contribution in [1.29, 1.82) is 0 Å². The summed E-state index contributed by atoms with van der Waals surface area (Å²) in [5, 5.41) is 0. The van der Waals surface area contributed by atoms with Gasteiger partial charge in [-0.25, -0.2) is 0 Å². The molecule has 2 aliphatic rings. The van der Waals surface area contributed by atoms with Crippen LogP contribution in [0.1, 0.15) is 26.7 Å². The lowest BCUT2D eigenvalue weighted by molar-refractivity contribution is 0.123. The molecule has 2 heterocycles. The largest absolute Gasteiger partial charge is 0.412 e. The summed E-state index contributed by atoms with van der Waals surface area (Å²) in [5.74, 6) is 0. The van der Waals surface area contributed by atoms with Crippen LogP contribution in [0.5, 0.6) is 0 Å². The maximum atomic E-state index is 2.69. The molecule has 0 aromatic heterocycles. The zero-order valence-electron chi connectivity index (χ0n) is 14.7. The van der Waals surface area contributed by atoms with Gasteiger partial charge in [0.15, 0.2) is 0 Å². The quantitative estimate of drug-likeness (QED) is 0.681. The monoisotopic (exact) mass is 318 g/mol. The molecular formula is C16H38N4O2. The van der Waals surface area contributed by atoms with Gasteiger partial charge in [-0.15, -0.1) is 0 Å². The fourth-order valence-electron chi connectivity index (χ4n) is 3.41. The van der Waals surface area contributed by atoms with E-state index in [4.69, 9.17) is 0 Å². The van der Waals surface area contributed by atoms with Gasteiger partial charge in [0, 0.05) is 39.3 Å². The molecule has 2 bridgehead atoms. The van der Waals surface area contributed by atoms with E-state index in [1.54, 1.807) is 0 Å². The maximum Gasteiger partial charge on any atom is 0.0110 e. The van der Waals surface area contributed by atoms with Crippen LogP contribution in [0, 0.1) is 0 Å². The number of rotatable bonds is 2. The molecule has 0 aromatic carbocycles. The number of hydrogen-bond acceptors (Lipinski definition) is 4. The number of fused-ring (bicyclic) bond motifs is 3. The predicted molar refractivity (Wildman–Crippen MR) is 93.6 cm³/mol. The van der Waals surface area contributed by atoms with E-state index in [2.05, 4.69) is 33.4 Å². The Balaban J connectivity index is 0.00000220. The van der Waals surface area contributed by atoms with Crippen LogP contribution < -0.4 is 0 Å². The summed E-state index contributed by atoms with van der Waals surface area (Å²) < 4.78 is 0. The maximum absolute atomic E-state index is 2.69. The summed E-state index contributed by atoms with van der Waals surface area (Å²) in [6.45, 7) is 19.7. The summed E-state index contributed by atoms with van der Waals surface area (Å²) in [6, 6.07) is 0. The minimum Gasteiger partial charge on any atom is -0.412 e. The molecular weight excluding hydrogens is 280 g/mol. The van der Waals surface area contributed by atoms with Gasteiger partial charge in [-0.1, -0.05) is 13.8 Å². The average molecular weight is 319 g/mol. The van der Waals surface area contributed by atoms with Crippen LogP contribution in [0.4, 0.5) is 0 Å². The zero-order chi connectivity index (χ0) is 14.2. The number of likely N-dealkylation sites (N-methyl/N-ethyl adjacent to an activating group) is 2. The first-order chi connectivity index (χ1) is 9.81. The van der Waals surface area contributed by atoms with Gasteiger partial charge in [0.05, 0.1) is 0 Å². The van der Waals surface area contributed by atoms with Gasteiger partial charge in [0.2, 0.25) is 0 Å². The molecule has 2 saturated heterocycles. The van der Waals surface area contributed by atoms with Gasteiger partial charge in [-0.2, -0.15) is 0 Å². The van der Waals surface area contributed by atoms with Crippen molar-refractivity contribution >= 4 is 0 Å². The third-order valence-corrected chi connectivity index (χ3v) is 4.99. The van der Waals surface area contributed by atoms with Gasteiger partial charge < -0.3 is 30.6 Å². The van der Waals surface area contributed by atoms with Crippen molar-refractivity contribution in [3.8, 4) is 0 Å². The fraction of sp³-hybridized carbons (Fsp3) is 1.00. The Morgan fingerprint density at radius 1 is 0.500 bits per heavy atom. The highest BCUT2D eigenvalue weighted by atomic mass is 16.0. The minimum atomic E-state index is 0. The lowest BCUT2D eigenvalue weighted by atomic mass is 10.2. The highest BCUT2D eigenvalue weighted by molar-refractivity contribution is 4.73. The summed E-state index contributed by atoms with van der Waals surface area (Å²) in [4.78, 5) is 10.6. The first kappa shape index (κ1) is 21.8. The second-order valence-corrected chi connectivity index (χ2v) is 6.26. The van der Waals surface area contributed by atoms with Crippen LogP contribution in [-0.4, -0.2) is 109 Å². The molecule has 22 heavy (non-hydrogen) atoms. The second kappa shape index (κ2) is 12.2. The van der Waals surface area contributed by atoms with E-state index in [-0.39, 0.29) is 11.0 Å². The van der Waals surface area contributed by atoms with Crippen molar-refractivity contribution in [3.63, 3.8) is 0 Å². The number of hydrogen-bond donors (Lipinski definition) is 0. The molecule has 2 rings (SSSR count). The minimum absolute atomic E-state index is 0. The average Bonchev–Trinajstić information content (AvgIpc) is 2.49. The third-order valence-electron chi connectivity index (χ3n) is 4.99. The molecule has 0 saturated carbocycles. The molecule has 6 nitrogen and oxygen atoms in total. The summed E-state index contributed by atoms with van der Waals surface area (Å²) in [5.41, 5.74) is 0. The molecule has 2 aliphatic heterocycles. The van der Waals surface area contributed by atoms with E-state index in [9.17, 15) is 0 Å². The van der Waals surface area contributed by atoms with E-state index >= 15 is 0 Å². The Labute approximate surface area is 136 Å². The van der Waals surface area contributed by atoms with Crippen LogP contribution >= 0.6 is 0 Å². The lowest BCUT2D eigenvalue weighted by Crippen LogP contribution is -2.46. The van der Waals surface area contributed by atoms with E-state index < -0.39 is 0 Å². The first-order valence-corrected chi connectivity index (χ1v) is 8.71. The second-order valence-electron chi connectivity index (χ2n) is 6.26. The lowest BCUT2D eigenvalue weighted by Gasteiger charge is -2.35. The SMILES string of the molecule is CCN1CCCN2CCN(CC)CCCN(CC1)CC2.O.O. The Hall–Kier alpha value is -0.240. The zero-order valence-corrected chi connectivity index (χ0v) is 14.7. The van der Waals surface area contributed by atoms with Crippen LogP contribution in [0.2, 0.25) is 0 Å². The molecule has 2 atom stereocenters. The molecule has 0 radical (unpaired) electrons. The molecule has 4 N–H and O–H groups in total. The van der Waals surface area contributed by atoms with Gasteiger partial charge in [0.1, 0.15) is 0 Å². The highest BCUT2D eigenvalue weighted by Crippen LogP contribution is 2.05. The van der Waals surface area contributed by atoms with E-state index in [1.807, 2.05) is 0 Å². The van der Waals surface area contributed by atoms with E-state index in [0.29, 0.717) is 0 Å². The van der Waals surface area contributed by atoms with E-state index in [1.165, 1.54) is 91.4 Å². The molecule has 0 aliphatic carbocycles. The van der Waals surface area contributed by atoms with Crippen molar-refractivity contribution in [2.24, 2.45) is 0 Å². The Kier molecular flexibility index (Phi) is 12.1. The molecule has 2 fully saturated rings. The fourth-order valence-corrected chi connectivity index (χ4v) is 3.41. The van der Waals surface area contributed by atoms with Gasteiger partial charge in [-0.3, -0.25) is 0 Å². The van der Waals surface area contributed by atoms with E-state index in [0.717, 1.165) is 0 Å². The summed E-state index contributed by atoms with van der Waals surface area (Å²) >= 11 is 0. The van der Waals surface area contributed by atoms with Crippen LogP contribution in [0.25, 0.3) is 0 Å². The van der Waals surface area contributed by atoms with Crippen LogP contribution in [0.3, 0.4) is 0 Å². The Bertz CT molecular complexity index is 239. The molecule has 6 heteroatoms. The Morgan fingerprint density at radius 3 is 1.23 bits per heavy atom. The van der Waals surface area contributed by atoms with Crippen molar-refractivity contribution in [2.75, 3.05) is 78.5 Å². The van der Waals surface area contributed by atoms with Gasteiger partial charge in [-0.05, 0) is 52.1 Å². The smallest absolute Gasteiger partial charge is 0.0110 e. The van der Waals surface area contributed by atoms with Crippen LogP contribution in [-0.2, 0) is 0 Å². The number of nitrogens with zero attached hydrogens (tertiary/aromatic N) is 4. The molecule has 0 spiro atoms. The predicted octanol–water partition coefficient (Wildman–Crippen LogP) is -0.608. The summed E-state index contributed by atoms with van der Waals surface area (Å²) in [6.07, 6.45) is 2.67. The molecule has 2 unspecified atom stereocenters. The molecule has 0 amide bonds. The van der Waals surface area contributed by atoms with Crippen LogP contribution in [0.15, 0.2) is 0 Å². The topological polar surface area (TPSA) is 76.0 Å². The molecule has 0 aromatic rings. The van der Waals surface area contributed by atoms with Crippen molar-refractivity contribution in [3.05, 3.63) is 0 Å². The van der Waals surface area contributed by atoms with Crippen molar-refractivity contribution in [1.82, 2.24) is 19.6 Å². The summed E-state index contributed by atoms with van der Waals surface area (Å²) in [7, 11) is 0. The first-order valence-electron chi connectivity index (χ1n) is 8.71. The highest BCUT2D eigenvalue weighted by Gasteiger charge is 2.16. The third kappa shape index (κ3) is 7.35.